The van der Waals surface area contributed by atoms with Crippen LogP contribution in [-0.2, 0) is 0 Å². The first-order chi connectivity index (χ1) is 8.66. The van der Waals surface area contributed by atoms with Gasteiger partial charge in [0.05, 0.1) is 11.4 Å². The molecule has 1 aromatic rings. The number of carbonyl (C=O) groups is 1. The van der Waals surface area contributed by atoms with Crippen molar-refractivity contribution in [3.63, 3.8) is 0 Å². The summed E-state index contributed by atoms with van der Waals surface area (Å²) in [5.74, 6) is 0. The molecule has 18 heavy (non-hydrogen) atoms. The molecule has 1 aliphatic rings. The van der Waals surface area contributed by atoms with Crippen LogP contribution in [0.25, 0.3) is 0 Å². The molecule has 2 heterocycles. The number of pyridine rings is 1. The van der Waals surface area contributed by atoms with E-state index in [2.05, 4.69) is 10.3 Å². The number of likely N-dealkylation sites (tertiary alicyclic amines) is 1. The third-order valence-electron chi connectivity index (χ3n) is 3.36. The Hall–Kier alpha value is -1.58. The number of amides is 2. The van der Waals surface area contributed by atoms with Crippen molar-refractivity contribution >= 4 is 11.7 Å². The van der Waals surface area contributed by atoms with Crippen LogP contribution >= 0.6 is 0 Å². The van der Waals surface area contributed by atoms with Gasteiger partial charge in [-0.3, -0.25) is 4.98 Å². The molecule has 2 amide bonds. The Kier molecular flexibility index (Phi) is 4.18. The maximum absolute atomic E-state index is 12.1. The predicted molar refractivity (Wildman–Crippen MR) is 72.8 cm³/mol. The molecule has 0 bridgehead atoms. The smallest absolute Gasteiger partial charge is 0.321 e. The summed E-state index contributed by atoms with van der Waals surface area (Å²) in [7, 11) is 0. The van der Waals surface area contributed by atoms with Crippen LogP contribution in [0.2, 0.25) is 0 Å². The molecular formula is C14H21N3O. The average Bonchev–Trinajstić information content (AvgIpc) is 2.61. The van der Waals surface area contributed by atoms with Crippen molar-refractivity contribution in [1.82, 2.24) is 9.88 Å². The van der Waals surface area contributed by atoms with Gasteiger partial charge in [-0.1, -0.05) is 12.8 Å². The fourth-order valence-electron chi connectivity index (χ4n) is 2.29. The Bertz CT molecular complexity index is 423. The fraction of sp³-hybridized carbons (Fsp3) is 0.571. The lowest BCUT2D eigenvalue weighted by atomic mass is 10.2. The van der Waals surface area contributed by atoms with Crippen LogP contribution < -0.4 is 5.32 Å². The third kappa shape index (κ3) is 3.22. The highest BCUT2D eigenvalue weighted by Crippen LogP contribution is 2.15. The van der Waals surface area contributed by atoms with Crippen molar-refractivity contribution in [2.75, 3.05) is 18.4 Å². The van der Waals surface area contributed by atoms with Crippen LogP contribution in [0.4, 0.5) is 10.5 Å². The second-order valence-electron chi connectivity index (χ2n) is 4.92. The SMILES string of the molecule is Cc1ccc(NC(=O)N2CCCCCC2)c(C)n1. The molecule has 0 unspecified atom stereocenters. The predicted octanol–water partition coefficient (Wildman–Crippen LogP) is 3.11. The number of hydrogen-bond donors (Lipinski definition) is 1. The Morgan fingerprint density at radius 3 is 2.44 bits per heavy atom. The molecule has 1 N–H and O–H groups in total. The molecule has 0 aromatic carbocycles. The van der Waals surface area contributed by atoms with Crippen molar-refractivity contribution in [3.8, 4) is 0 Å². The number of hydrogen-bond acceptors (Lipinski definition) is 2. The zero-order chi connectivity index (χ0) is 13.0. The monoisotopic (exact) mass is 247 g/mol. The summed E-state index contributed by atoms with van der Waals surface area (Å²) in [6, 6.07) is 3.85. The molecule has 0 spiro atoms. The van der Waals surface area contributed by atoms with Gasteiger partial charge in [-0.2, -0.15) is 0 Å². The number of anilines is 1. The minimum atomic E-state index is 0.00523. The highest BCUT2D eigenvalue weighted by Gasteiger charge is 2.16. The number of nitrogens with zero attached hydrogens (tertiary/aromatic N) is 2. The average molecular weight is 247 g/mol. The van der Waals surface area contributed by atoms with E-state index in [1.807, 2.05) is 30.9 Å². The lowest BCUT2D eigenvalue weighted by Gasteiger charge is -2.21. The van der Waals surface area contributed by atoms with Crippen molar-refractivity contribution in [1.29, 1.82) is 0 Å². The first-order valence-corrected chi connectivity index (χ1v) is 6.67. The van der Waals surface area contributed by atoms with Gasteiger partial charge in [-0.25, -0.2) is 4.79 Å². The summed E-state index contributed by atoms with van der Waals surface area (Å²) in [4.78, 5) is 18.4. The van der Waals surface area contributed by atoms with E-state index in [0.29, 0.717) is 0 Å². The molecule has 98 valence electrons. The second kappa shape index (κ2) is 5.85. The molecule has 1 aliphatic heterocycles. The molecule has 1 aromatic heterocycles. The lowest BCUT2D eigenvalue weighted by molar-refractivity contribution is 0.213. The van der Waals surface area contributed by atoms with Crippen LogP contribution in [0.1, 0.15) is 37.1 Å². The van der Waals surface area contributed by atoms with Gasteiger partial charge in [-0.15, -0.1) is 0 Å². The van der Waals surface area contributed by atoms with Crippen LogP contribution in [0.3, 0.4) is 0 Å². The van der Waals surface area contributed by atoms with Gasteiger partial charge < -0.3 is 10.2 Å². The third-order valence-corrected chi connectivity index (χ3v) is 3.36. The molecule has 1 fully saturated rings. The van der Waals surface area contributed by atoms with Gasteiger partial charge in [0.1, 0.15) is 0 Å². The van der Waals surface area contributed by atoms with Crippen LogP contribution in [0.5, 0.6) is 0 Å². The van der Waals surface area contributed by atoms with E-state index in [1.54, 1.807) is 0 Å². The summed E-state index contributed by atoms with van der Waals surface area (Å²) < 4.78 is 0. The minimum absolute atomic E-state index is 0.00523. The molecule has 4 heteroatoms. The molecule has 0 atom stereocenters. The summed E-state index contributed by atoms with van der Waals surface area (Å²) in [6.07, 6.45) is 4.68. The van der Waals surface area contributed by atoms with Gasteiger partial charge in [0.2, 0.25) is 0 Å². The maximum atomic E-state index is 12.1. The lowest BCUT2D eigenvalue weighted by Crippen LogP contribution is -2.35. The van der Waals surface area contributed by atoms with Crippen molar-refractivity contribution in [2.45, 2.75) is 39.5 Å². The number of urea groups is 1. The highest BCUT2D eigenvalue weighted by molar-refractivity contribution is 5.89. The Morgan fingerprint density at radius 1 is 1.17 bits per heavy atom. The van der Waals surface area contributed by atoms with Crippen molar-refractivity contribution < 1.29 is 4.79 Å². The number of aryl methyl sites for hydroxylation is 2. The van der Waals surface area contributed by atoms with Crippen LogP contribution in [0, 0.1) is 13.8 Å². The van der Waals surface area contributed by atoms with E-state index in [4.69, 9.17) is 0 Å². The van der Waals surface area contributed by atoms with Crippen molar-refractivity contribution in [3.05, 3.63) is 23.5 Å². The molecular weight excluding hydrogens is 226 g/mol. The van der Waals surface area contributed by atoms with Gasteiger partial charge >= 0.3 is 6.03 Å². The minimum Gasteiger partial charge on any atom is -0.325 e. The van der Waals surface area contributed by atoms with E-state index >= 15 is 0 Å². The number of rotatable bonds is 1. The second-order valence-corrected chi connectivity index (χ2v) is 4.92. The zero-order valence-electron chi connectivity index (χ0n) is 11.2. The van der Waals surface area contributed by atoms with Crippen LogP contribution in [-0.4, -0.2) is 29.0 Å². The quantitative estimate of drug-likeness (QED) is 0.828. The van der Waals surface area contributed by atoms with Crippen molar-refractivity contribution in [2.24, 2.45) is 0 Å². The normalized spacial score (nSPS) is 16.2. The van der Waals surface area contributed by atoms with E-state index in [1.165, 1.54) is 12.8 Å². The van der Waals surface area contributed by atoms with Gasteiger partial charge in [0.15, 0.2) is 0 Å². The zero-order valence-corrected chi connectivity index (χ0v) is 11.2. The summed E-state index contributed by atoms with van der Waals surface area (Å²) in [5, 5.41) is 2.96. The first kappa shape index (κ1) is 12.9. The molecule has 4 nitrogen and oxygen atoms in total. The number of carbonyl (C=O) groups excluding carboxylic acids is 1. The van der Waals surface area contributed by atoms with Gasteiger partial charge in [0.25, 0.3) is 0 Å². The molecule has 0 aliphatic carbocycles. The molecule has 0 saturated carbocycles. The fourth-order valence-corrected chi connectivity index (χ4v) is 2.29. The largest absolute Gasteiger partial charge is 0.325 e. The van der Waals surface area contributed by atoms with E-state index in [-0.39, 0.29) is 6.03 Å². The molecule has 0 radical (unpaired) electrons. The summed E-state index contributed by atoms with van der Waals surface area (Å²) in [5.41, 5.74) is 2.66. The molecule has 1 saturated heterocycles. The molecule has 2 rings (SSSR count). The highest BCUT2D eigenvalue weighted by atomic mass is 16.2. The van der Waals surface area contributed by atoms with E-state index in [0.717, 1.165) is 43.0 Å². The summed E-state index contributed by atoms with van der Waals surface area (Å²) >= 11 is 0. The summed E-state index contributed by atoms with van der Waals surface area (Å²) in [6.45, 7) is 5.60. The standard InChI is InChI=1S/C14H21N3O/c1-11-7-8-13(12(2)15-11)16-14(18)17-9-5-3-4-6-10-17/h7-8H,3-6,9-10H2,1-2H3,(H,16,18). The number of nitrogens with one attached hydrogen (secondary N) is 1. The topological polar surface area (TPSA) is 45.2 Å². The van der Waals surface area contributed by atoms with Crippen LogP contribution in [0.15, 0.2) is 12.1 Å². The Morgan fingerprint density at radius 2 is 1.83 bits per heavy atom. The Balaban J connectivity index is 2.01. The first-order valence-electron chi connectivity index (χ1n) is 6.67. The number of aromatic nitrogens is 1. The van der Waals surface area contributed by atoms with Gasteiger partial charge in [0, 0.05) is 18.8 Å². The Labute approximate surface area is 108 Å². The van der Waals surface area contributed by atoms with E-state index < -0.39 is 0 Å². The maximum Gasteiger partial charge on any atom is 0.321 e. The van der Waals surface area contributed by atoms with Gasteiger partial charge in [-0.05, 0) is 38.8 Å². The van der Waals surface area contributed by atoms with E-state index in [9.17, 15) is 4.79 Å².